The molecule has 2 amide bonds. The molecule has 1 saturated heterocycles. The second kappa shape index (κ2) is 10.2. The van der Waals surface area contributed by atoms with Gasteiger partial charge in [-0.05, 0) is 71.9 Å². The van der Waals surface area contributed by atoms with Crippen molar-refractivity contribution in [2.24, 2.45) is 0 Å². The van der Waals surface area contributed by atoms with Crippen LogP contribution in [0.25, 0.3) is 6.08 Å². The highest BCUT2D eigenvalue weighted by atomic mass is 79.9. The van der Waals surface area contributed by atoms with Crippen molar-refractivity contribution in [3.8, 4) is 17.2 Å². The molecule has 2 heterocycles. The Morgan fingerprint density at radius 2 is 1.78 bits per heavy atom. The first-order chi connectivity index (χ1) is 17.3. The van der Waals surface area contributed by atoms with Gasteiger partial charge >= 0.3 is 5.97 Å². The minimum Gasteiger partial charge on any atom is -0.454 e. The zero-order valence-electron chi connectivity index (χ0n) is 18.1. The minimum absolute atomic E-state index is 0.0334. The topological polar surface area (TPSA) is 82.1 Å². The van der Waals surface area contributed by atoms with E-state index in [0.29, 0.717) is 42.7 Å². The first-order valence-corrected chi connectivity index (χ1v) is 12.8. The van der Waals surface area contributed by atoms with Crippen LogP contribution in [-0.2, 0) is 11.3 Å². The monoisotopic (exact) mass is 605 g/mol. The van der Waals surface area contributed by atoms with Crippen molar-refractivity contribution in [1.29, 1.82) is 0 Å². The molecule has 0 radical (unpaired) electrons. The van der Waals surface area contributed by atoms with Crippen LogP contribution in [0.5, 0.6) is 17.2 Å². The van der Waals surface area contributed by atoms with E-state index in [9.17, 15) is 14.4 Å². The minimum atomic E-state index is -0.589. The van der Waals surface area contributed by atoms with Crippen molar-refractivity contribution in [2.75, 3.05) is 6.79 Å². The van der Waals surface area contributed by atoms with E-state index in [1.54, 1.807) is 54.6 Å². The first-order valence-electron chi connectivity index (χ1n) is 10.4. The lowest BCUT2D eigenvalue weighted by Crippen LogP contribution is -2.27. The van der Waals surface area contributed by atoms with E-state index in [4.69, 9.17) is 37.4 Å². The van der Waals surface area contributed by atoms with Crippen LogP contribution < -0.4 is 14.2 Å². The van der Waals surface area contributed by atoms with Crippen LogP contribution in [0.4, 0.5) is 4.79 Å². The zero-order chi connectivity index (χ0) is 25.4. The summed E-state index contributed by atoms with van der Waals surface area (Å²) in [5, 5.41) is 0.397. The van der Waals surface area contributed by atoms with E-state index in [2.05, 4.69) is 15.9 Å². The fourth-order valence-corrected chi connectivity index (χ4v) is 5.05. The molecule has 0 N–H and O–H groups in total. The fourth-order valence-electron chi connectivity index (χ4n) is 3.50. The molecule has 36 heavy (non-hydrogen) atoms. The van der Waals surface area contributed by atoms with Gasteiger partial charge in [0.15, 0.2) is 11.5 Å². The molecule has 0 atom stereocenters. The van der Waals surface area contributed by atoms with Crippen LogP contribution >= 0.6 is 50.9 Å². The number of imide groups is 1. The lowest BCUT2D eigenvalue weighted by Gasteiger charge is -2.14. The third-order valence-corrected chi connectivity index (χ3v) is 7.29. The van der Waals surface area contributed by atoms with E-state index < -0.39 is 17.1 Å². The number of esters is 1. The molecule has 3 aromatic carbocycles. The lowest BCUT2D eigenvalue weighted by molar-refractivity contribution is -0.123. The number of benzene rings is 3. The van der Waals surface area contributed by atoms with Crippen LogP contribution in [0.2, 0.25) is 10.0 Å². The molecule has 3 aromatic rings. The second-order valence-electron chi connectivity index (χ2n) is 7.64. The highest BCUT2D eigenvalue weighted by Gasteiger charge is 2.36. The van der Waals surface area contributed by atoms with E-state index in [0.717, 1.165) is 16.7 Å². The summed E-state index contributed by atoms with van der Waals surface area (Å²) >= 11 is 16.4. The first kappa shape index (κ1) is 24.7. The molecule has 0 aliphatic carbocycles. The molecule has 0 saturated carbocycles. The molecular weight excluding hydrogens is 593 g/mol. The van der Waals surface area contributed by atoms with E-state index in [1.807, 2.05) is 0 Å². The molecule has 2 aliphatic rings. The van der Waals surface area contributed by atoms with Crippen molar-refractivity contribution in [3.05, 3.63) is 90.7 Å². The Bertz CT molecular complexity index is 1440. The molecule has 1 fully saturated rings. The van der Waals surface area contributed by atoms with Gasteiger partial charge in [-0.3, -0.25) is 14.5 Å². The van der Waals surface area contributed by atoms with Gasteiger partial charge in [-0.2, -0.15) is 0 Å². The molecule has 7 nitrogen and oxygen atoms in total. The van der Waals surface area contributed by atoms with Crippen molar-refractivity contribution in [3.63, 3.8) is 0 Å². The zero-order valence-corrected chi connectivity index (χ0v) is 22.0. The van der Waals surface area contributed by atoms with Gasteiger partial charge in [-0.15, -0.1) is 0 Å². The average Bonchev–Trinajstić information content (AvgIpc) is 3.40. The van der Waals surface area contributed by atoms with Gasteiger partial charge in [0.25, 0.3) is 11.1 Å². The summed E-state index contributed by atoms with van der Waals surface area (Å²) in [6.07, 6.45) is 1.52. The smallest absolute Gasteiger partial charge is 0.343 e. The van der Waals surface area contributed by atoms with Crippen LogP contribution in [0.3, 0.4) is 0 Å². The number of halogens is 3. The summed E-state index contributed by atoms with van der Waals surface area (Å²) in [4.78, 5) is 39.7. The number of hydrogen-bond donors (Lipinski definition) is 0. The molecule has 2 aliphatic heterocycles. The highest BCUT2D eigenvalue weighted by molar-refractivity contribution is 9.10. The molecule has 0 bridgehead atoms. The Hall–Kier alpha value is -2.98. The summed E-state index contributed by atoms with van der Waals surface area (Å²) in [7, 11) is 0. The SMILES string of the molecule is O=C(Oc1ccc(Br)cc1/C=C1\SC(=O)N(Cc2cc3c(cc2Cl)OCO3)C1=O)c1ccc(Cl)cc1. The van der Waals surface area contributed by atoms with Crippen LogP contribution in [0.1, 0.15) is 21.5 Å². The largest absolute Gasteiger partial charge is 0.454 e. The number of amides is 2. The van der Waals surface area contributed by atoms with Gasteiger partial charge in [-0.25, -0.2) is 4.79 Å². The Balaban J connectivity index is 1.39. The maximum atomic E-state index is 13.1. The van der Waals surface area contributed by atoms with Crippen molar-refractivity contribution in [2.45, 2.75) is 6.54 Å². The predicted octanol–water partition coefficient (Wildman–Crippen LogP) is 6.94. The van der Waals surface area contributed by atoms with Crippen LogP contribution in [0.15, 0.2) is 64.0 Å². The van der Waals surface area contributed by atoms with Crippen LogP contribution in [0, 0.1) is 0 Å². The number of thioether (sulfide) groups is 1. The molecule has 11 heteroatoms. The van der Waals surface area contributed by atoms with Crippen molar-refractivity contribution < 1.29 is 28.6 Å². The van der Waals surface area contributed by atoms with Gasteiger partial charge in [-0.1, -0.05) is 39.1 Å². The number of hydrogen-bond acceptors (Lipinski definition) is 7. The van der Waals surface area contributed by atoms with E-state index >= 15 is 0 Å². The number of nitrogens with zero attached hydrogens (tertiary/aromatic N) is 1. The number of carbonyl (C=O) groups excluding carboxylic acids is 3. The van der Waals surface area contributed by atoms with Crippen LogP contribution in [-0.4, -0.2) is 28.8 Å². The summed E-state index contributed by atoms with van der Waals surface area (Å²) < 4.78 is 16.9. The second-order valence-corrected chi connectivity index (χ2v) is 10.4. The maximum absolute atomic E-state index is 13.1. The van der Waals surface area contributed by atoms with Gasteiger partial charge < -0.3 is 14.2 Å². The van der Waals surface area contributed by atoms with E-state index in [-0.39, 0.29) is 24.0 Å². The van der Waals surface area contributed by atoms with Gasteiger partial charge in [0.1, 0.15) is 5.75 Å². The van der Waals surface area contributed by atoms with Gasteiger partial charge in [0.2, 0.25) is 6.79 Å². The molecule has 0 unspecified atom stereocenters. The Labute approximate surface area is 228 Å². The number of rotatable bonds is 5. The molecule has 5 rings (SSSR count). The number of fused-ring (bicyclic) bond motifs is 1. The molecular formula is C25H14BrCl2NO6S. The lowest BCUT2D eigenvalue weighted by atomic mass is 10.1. The normalized spacial score (nSPS) is 15.6. The quantitative estimate of drug-likeness (QED) is 0.177. The van der Waals surface area contributed by atoms with Crippen molar-refractivity contribution in [1.82, 2.24) is 4.90 Å². The molecule has 0 spiro atoms. The summed E-state index contributed by atoms with van der Waals surface area (Å²) in [6, 6.07) is 14.5. The third-order valence-electron chi connectivity index (χ3n) is 5.28. The van der Waals surface area contributed by atoms with Gasteiger partial charge in [0, 0.05) is 26.1 Å². The standard InChI is InChI=1S/C25H14BrCl2NO6S/c26-16-3-6-19(35-24(31)13-1-4-17(27)5-2-13)14(7-16)9-22-23(30)29(25(32)36-22)11-15-8-20-21(10-18(15)28)34-12-33-20/h1-10H,11-12H2/b22-9-. The number of ether oxygens (including phenoxy) is 3. The maximum Gasteiger partial charge on any atom is 0.343 e. The molecule has 0 aromatic heterocycles. The Morgan fingerprint density at radius 3 is 2.53 bits per heavy atom. The highest BCUT2D eigenvalue weighted by Crippen LogP contribution is 2.40. The van der Waals surface area contributed by atoms with Crippen molar-refractivity contribution >= 4 is 74.1 Å². The predicted molar refractivity (Wildman–Crippen MR) is 140 cm³/mol. The average molecular weight is 607 g/mol. The number of carbonyl (C=O) groups is 3. The third kappa shape index (κ3) is 5.10. The van der Waals surface area contributed by atoms with E-state index in [1.165, 1.54) is 6.08 Å². The Kier molecular flexibility index (Phi) is 6.98. The summed E-state index contributed by atoms with van der Waals surface area (Å²) in [6.45, 7) is 0.0470. The molecule has 182 valence electrons. The fraction of sp³-hybridized carbons (Fsp3) is 0.0800. The summed E-state index contributed by atoms with van der Waals surface area (Å²) in [5.41, 5.74) is 1.30. The van der Waals surface area contributed by atoms with Gasteiger partial charge in [0.05, 0.1) is 17.0 Å². The summed E-state index contributed by atoms with van der Waals surface area (Å²) in [5.74, 6) is 0.151. The Morgan fingerprint density at radius 1 is 1.06 bits per heavy atom.